The van der Waals surface area contributed by atoms with Crippen LogP contribution in [0, 0.1) is 3.57 Å². The number of rotatable bonds is 4. The van der Waals surface area contributed by atoms with Crippen molar-refractivity contribution in [2.75, 3.05) is 21.3 Å². The van der Waals surface area contributed by atoms with Gasteiger partial charge in [-0.1, -0.05) is 0 Å². The number of carbonyl (C=O) groups is 1. The van der Waals surface area contributed by atoms with E-state index in [9.17, 15) is 4.79 Å². The van der Waals surface area contributed by atoms with Gasteiger partial charge in [0.25, 0.3) is 5.24 Å². The highest BCUT2D eigenvalue weighted by Crippen LogP contribution is 2.42. The van der Waals surface area contributed by atoms with Crippen molar-refractivity contribution >= 4 is 39.4 Å². The monoisotopic (exact) mass is 356 g/mol. The lowest BCUT2D eigenvalue weighted by Gasteiger charge is -2.15. The summed E-state index contributed by atoms with van der Waals surface area (Å²) in [7, 11) is 4.47. The molecule has 16 heavy (non-hydrogen) atoms. The fraction of sp³-hybridized carbons (Fsp3) is 0.300. The van der Waals surface area contributed by atoms with Crippen LogP contribution < -0.4 is 14.2 Å². The van der Waals surface area contributed by atoms with E-state index in [1.807, 2.05) is 22.6 Å². The number of hydrogen-bond donors (Lipinski definition) is 0. The lowest BCUT2D eigenvalue weighted by Crippen LogP contribution is -2.02. The van der Waals surface area contributed by atoms with E-state index in [0.717, 1.165) is 0 Å². The first kappa shape index (κ1) is 13.4. The molecule has 1 aromatic carbocycles. The van der Waals surface area contributed by atoms with E-state index in [4.69, 9.17) is 25.8 Å². The van der Waals surface area contributed by atoms with Gasteiger partial charge in [0, 0.05) is 0 Å². The van der Waals surface area contributed by atoms with Crippen LogP contribution in [-0.4, -0.2) is 26.6 Å². The average Bonchev–Trinajstić information content (AvgIpc) is 2.27. The Morgan fingerprint density at radius 3 is 2.12 bits per heavy atom. The normalized spacial score (nSPS) is 9.81. The smallest absolute Gasteiger partial charge is 0.253 e. The molecule has 88 valence electrons. The van der Waals surface area contributed by atoms with Gasteiger partial charge in [0.05, 0.1) is 30.5 Å². The lowest BCUT2D eigenvalue weighted by atomic mass is 10.2. The zero-order valence-corrected chi connectivity index (χ0v) is 11.9. The van der Waals surface area contributed by atoms with E-state index >= 15 is 0 Å². The third-order valence-corrected chi connectivity index (χ3v) is 3.26. The van der Waals surface area contributed by atoms with Crippen molar-refractivity contribution in [2.45, 2.75) is 0 Å². The van der Waals surface area contributed by atoms with Gasteiger partial charge in [-0.15, -0.1) is 0 Å². The minimum Gasteiger partial charge on any atom is -0.493 e. The number of benzene rings is 1. The Kier molecular flexibility index (Phi) is 4.67. The number of hydrogen-bond acceptors (Lipinski definition) is 4. The molecule has 0 atom stereocenters. The van der Waals surface area contributed by atoms with Crippen molar-refractivity contribution in [1.29, 1.82) is 0 Å². The second-order valence-corrected chi connectivity index (χ2v) is 4.20. The standard InChI is InChI=1S/C10H10ClIO4/c1-14-6-4-5(10(11)13)7(12)9(16-3)8(6)15-2/h4H,1-3H3. The number of carbonyl (C=O) groups excluding carboxylic acids is 1. The van der Waals surface area contributed by atoms with E-state index in [0.29, 0.717) is 26.4 Å². The summed E-state index contributed by atoms with van der Waals surface area (Å²) in [6, 6.07) is 1.53. The van der Waals surface area contributed by atoms with Gasteiger partial charge in [-0.25, -0.2) is 0 Å². The van der Waals surface area contributed by atoms with Gasteiger partial charge in [-0.05, 0) is 40.3 Å². The maximum atomic E-state index is 11.2. The van der Waals surface area contributed by atoms with Gasteiger partial charge >= 0.3 is 0 Å². The van der Waals surface area contributed by atoms with Gasteiger partial charge < -0.3 is 14.2 Å². The summed E-state index contributed by atoms with van der Waals surface area (Å²) in [5.74, 6) is 1.28. The summed E-state index contributed by atoms with van der Waals surface area (Å²) in [6.45, 7) is 0. The van der Waals surface area contributed by atoms with Crippen molar-refractivity contribution in [3.05, 3.63) is 15.2 Å². The molecule has 0 radical (unpaired) electrons. The van der Waals surface area contributed by atoms with Crippen molar-refractivity contribution in [3.8, 4) is 17.2 Å². The minimum absolute atomic E-state index is 0.330. The fourth-order valence-corrected chi connectivity index (χ4v) is 2.44. The Morgan fingerprint density at radius 2 is 1.75 bits per heavy atom. The van der Waals surface area contributed by atoms with Crippen LogP contribution in [0.5, 0.6) is 17.2 Å². The van der Waals surface area contributed by atoms with Crippen LogP contribution in [-0.2, 0) is 0 Å². The quantitative estimate of drug-likeness (QED) is 0.615. The van der Waals surface area contributed by atoms with Crippen LogP contribution in [0.15, 0.2) is 6.07 Å². The highest BCUT2D eigenvalue weighted by atomic mass is 127. The topological polar surface area (TPSA) is 44.8 Å². The molecule has 4 nitrogen and oxygen atoms in total. The van der Waals surface area contributed by atoms with Gasteiger partial charge in [0.15, 0.2) is 11.5 Å². The van der Waals surface area contributed by atoms with Gasteiger partial charge in [-0.2, -0.15) is 0 Å². The Balaban J connectivity index is 3.54. The Hall–Kier alpha value is -0.690. The number of ether oxygens (including phenoxy) is 3. The van der Waals surface area contributed by atoms with E-state index in [1.165, 1.54) is 27.4 Å². The highest BCUT2D eigenvalue weighted by molar-refractivity contribution is 14.1. The molecule has 0 heterocycles. The largest absolute Gasteiger partial charge is 0.493 e. The Bertz CT molecular complexity index is 420. The minimum atomic E-state index is -0.566. The lowest BCUT2D eigenvalue weighted by molar-refractivity contribution is 0.107. The van der Waals surface area contributed by atoms with Crippen molar-refractivity contribution < 1.29 is 19.0 Å². The van der Waals surface area contributed by atoms with Crippen LogP contribution in [0.3, 0.4) is 0 Å². The Labute approximate surface area is 112 Å². The van der Waals surface area contributed by atoms with E-state index < -0.39 is 5.24 Å². The van der Waals surface area contributed by atoms with E-state index in [-0.39, 0.29) is 0 Å². The summed E-state index contributed by atoms with van der Waals surface area (Å²) in [4.78, 5) is 11.2. The maximum absolute atomic E-state index is 11.2. The molecule has 0 saturated carbocycles. The van der Waals surface area contributed by atoms with Crippen molar-refractivity contribution in [2.24, 2.45) is 0 Å². The third kappa shape index (κ3) is 2.35. The van der Waals surface area contributed by atoms with Gasteiger partial charge in [0.1, 0.15) is 0 Å². The SMILES string of the molecule is COc1cc(C(=O)Cl)c(I)c(OC)c1OC. The average molecular weight is 357 g/mol. The van der Waals surface area contributed by atoms with Crippen LogP contribution in [0.2, 0.25) is 0 Å². The highest BCUT2D eigenvalue weighted by Gasteiger charge is 2.21. The molecule has 0 N–H and O–H groups in total. The zero-order chi connectivity index (χ0) is 12.3. The summed E-state index contributed by atoms with van der Waals surface area (Å²) < 4.78 is 16.0. The molecule has 0 bridgehead atoms. The molecule has 0 unspecified atom stereocenters. The first-order valence-corrected chi connectivity index (χ1v) is 5.70. The molecule has 0 aromatic heterocycles. The molecule has 1 aromatic rings. The second-order valence-electron chi connectivity index (χ2n) is 2.78. The number of halogens is 2. The van der Waals surface area contributed by atoms with Crippen LogP contribution >= 0.6 is 34.2 Å². The fourth-order valence-electron chi connectivity index (χ4n) is 1.26. The molecule has 6 heteroatoms. The first-order valence-electron chi connectivity index (χ1n) is 4.25. The molecule has 0 aliphatic carbocycles. The number of methoxy groups -OCH3 is 3. The zero-order valence-electron chi connectivity index (χ0n) is 8.97. The molecule has 0 aliphatic heterocycles. The predicted octanol–water partition coefficient (Wildman–Crippen LogP) is 2.70. The third-order valence-electron chi connectivity index (χ3n) is 1.98. The van der Waals surface area contributed by atoms with E-state index in [2.05, 4.69) is 0 Å². The maximum Gasteiger partial charge on any atom is 0.253 e. The summed E-state index contributed by atoms with van der Waals surface area (Å²) >= 11 is 7.44. The summed E-state index contributed by atoms with van der Waals surface area (Å²) in [5.41, 5.74) is 0.330. The van der Waals surface area contributed by atoms with Crippen LogP contribution in [0.4, 0.5) is 0 Å². The van der Waals surface area contributed by atoms with Crippen molar-refractivity contribution in [3.63, 3.8) is 0 Å². The molecule has 0 fully saturated rings. The summed E-state index contributed by atoms with van der Waals surface area (Å²) in [6.07, 6.45) is 0. The molecule has 0 saturated heterocycles. The first-order chi connectivity index (χ1) is 7.56. The van der Waals surface area contributed by atoms with Crippen LogP contribution in [0.25, 0.3) is 0 Å². The predicted molar refractivity (Wildman–Crippen MR) is 69.0 cm³/mol. The van der Waals surface area contributed by atoms with Gasteiger partial charge in [-0.3, -0.25) is 4.79 Å². The van der Waals surface area contributed by atoms with Crippen molar-refractivity contribution in [1.82, 2.24) is 0 Å². The molecule has 0 aliphatic rings. The van der Waals surface area contributed by atoms with Crippen LogP contribution in [0.1, 0.15) is 10.4 Å². The Morgan fingerprint density at radius 1 is 1.19 bits per heavy atom. The molecule has 1 rings (SSSR count). The second kappa shape index (κ2) is 5.58. The molecular weight excluding hydrogens is 346 g/mol. The van der Waals surface area contributed by atoms with E-state index in [1.54, 1.807) is 0 Å². The summed E-state index contributed by atoms with van der Waals surface area (Å²) in [5, 5.41) is -0.566. The van der Waals surface area contributed by atoms with Gasteiger partial charge in [0.2, 0.25) is 5.75 Å². The molecule has 0 amide bonds. The molecule has 0 spiro atoms. The molecular formula is C10H10ClIO4.